The third-order valence-electron chi connectivity index (χ3n) is 4.47. The van der Waals surface area contributed by atoms with E-state index in [-0.39, 0.29) is 22.7 Å². The second-order valence-electron chi connectivity index (χ2n) is 6.81. The lowest BCUT2D eigenvalue weighted by molar-refractivity contribution is -0.124. The van der Waals surface area contributed by atoms with Gasteiger partial charge in [-0.25, -0.2) is 13.2 Å². The molecule has 3 rings (SSSR count). The summed E-state index contributed by atoms with van der Waals surface area (Å²) >= 11 is 5.81. The van der Waals surface area contributed by atoms with Crippen LogP contribution in [-0.2, 0) is 26.1 Å². The van der Waals surface area contributed by atoms with Crippen molar-refractivity contribution in [2.75, 3.05) is 18.4 Å². The van der Waals surface area contributed by atoms with Crippen molar-refractivity contribution in [2.45, 2.75) is 11.4 Å². The summed E-state index contributed by atoms with van der Waals surface area (Å²) in [5.41, 5.74) is 0.806. The first-order chi connectivity index (χ1) is 15.8. The summed E-state index contributed by atoms with van der Waals surface area (Å²) < 4.78 is 37.8. The first kappa shape index (κ1) is 24.1. The van der Waals surface area contributed by atoms with Crippen LogP contribution in [0.15, 0.2) is 77.7 Å². The standard InChI is InChI=1S/C23H21ClN2O6S/c1-31-18-6-4-5-16(13-18)14-25-22(27)15-32-23(28)20-7-2-3-8-21(20)26-33(29,30)19-11-9-17(24)10-12-19/h2-13,26H,14-15H2,1H3,(H,25,27). The minimum absolute atomic E-state index is 0.0213. The average Bonchev–Trinajstić information content (AvgIpc) is 2.81. The number of halogens is 1. The Morgan fingerprint density at radius 2 is 1.70 bits per heavy atom. The maximum Gasteiger partial charge on any atom is 0.340 e. The molecule has 3 aromatic carbocycles. The second kappa shape index (κ2) is 10.8. The number of para-hydroxylation sites is 1. The smallest absolute Gasteiger partial charge is 0.340 e. The van der Waals surface area contributed by atoms with E-state index in [1.165, 1.54) is 36.4 Å². The van der Waals surface area contributed by atoms with Crippen LogP contribution in [0.2, 0.25) is 5.02 Å². The monoisotopic (exact) mass is 488 g/mol. The molecule has 172 valence electrons. The molecule has 33 heavy (non-hydrogen) atoms. The number of rotatable bonds is 9. The van der Waals surface area contributed by atoms with Crippen LogP contribution in [0.25, 0.3) is 0 Å². The summed E-state index contributed by atoms with van der Waals surface area (Å²) in [5.74, 6) is -0.697. The average molecular weight is 489 g/mol. The first-order valence-electron chi connectivity index (χ1n) is 9.72. The van der Waals surface area contributed by atoms with Gasteiger partial charge in [-0.3, -0.25) is 9.52 Å². The van der Waals surface area contributed by atoms with E-state index in [9.17, 15) is 18.0 Å². The highest BCUT2D eigenvalue weighted by molar-refractivity contribution is 7.92. The molecular weight excluding hydrogens is 468 g/mol. The predicted molar refractivity (Wildman–Crippen MR) is 124 cm³/mol. The first-order valence-corrected chi connectivity index (χ1v) is 11.6. The SMILES string of the molecule is COc1cccc(CNC(=O)COC(=O)c2ccccc2NS(=O)(=O)c2ccc(Cl)cc2)c1. The van der Waals surface area contributed by atoms with Gasteiger partial charge in [0, 0.05) is 11.6 Å². The molecule has 0 bridgehead atoms. The molecule has 0 saturated carbocycles. The van der Waals surface area contributed by atoms with Crippen molar-refractivity contribution in [3.63, 3.8) is 0 Å². The summed E-state index contributed by atoms with van der Waals surface area (Å²) in [6, 6.07) is 18.7. The number of methoxy groups -OCH3 is 1. The summed E-state index contributed by atoms with van der Waals surface area (Å²) in [6.45, 7) is -0.299. The van der Waals surface area contributed by atoms with Crippen LogP contribution < -0.4 is 14.8 Å². The summed E-state index contributed by atoms with van der Waals surface area (Å²) in [6.07, 6.45) is 0. The van der Waals surface area contributed by atoms with E-state index in [1.54, 1.807) is 37.4 Å². The molecule has 0 atom stereocenters. The Hall–Kier alpha value is -3.56. The number of carbonyl (C=O) groups is 2. The normalized spacial score (nSPS) is 10.8. The number of nitrogens with one attached hydrogen (secondary N) is 2. The van der Waals surface area contributed by atoms with E-state index in [1.807, 2.05) is 6.07 Å². The van der Waals surface area contributed by atoms with Gasteiger partial charge in [-0.15, -0.1) is 0 Å². The van der Waals surface area contributed by atoms with Crippen LogP contribution in [0.3, 0.4) is 0 Å². The molecule has 0 aliphatic carbocycles. The van der Waals surface area contributed by atoms with Crippen LogP contribution in [0.1, 0.15) is 15.9 Å². The molecule has 1 amide bonds. The maximum absolute atomic E-state index is 12.6. The predicted octanol–water partition coefficient (Wildman–Crippen LogP) is 3.62. The van der Waals surface area contributed by atoms with Crippen LogP contribution in [0.4, 0.5) is 5.69 Å². The van der Waals surface area contributed by atoms with Gasteiger partial charge in [0.15, 0.2) is 6.61 Å². The van der Waals surface area contributed by atoms with Crippen LogP contribution in [0, 0.1) is 0 Å². The molecule has 0 unspecified atom stereocenters. The lowest BCUT2D eigenvalue weighted by atomic mass is 10.2. The number of ether oxygens (including phenoxy) is 2. The highest BCUT2D eigenvalue weighted by atomic mass is 35.5. The van der Waals surface area contributed by atoms with E-state index in [0.717, 1.165) is 5.56 Å². The van der Waals surface area contributed by atoms with Gasteiger partial charge >= 0.3 is 5.97 Å². The van der Waals surface area contributed by atoms with Crippen LogP contribution in [0.5, 0.6) is 5.75 Å². The second-order valence-corrected chi connectivity index (χ2v) is 8.93. The zero-order chi connectivity index (χ0) is 23.8. The van der Waals surface area contributed by atoms with Gasteiger partial charge in [0.2, 0.25) is 0 Å². The molecule has 0 aliphatic heterocycles. The van der Waals surface area contributed by atoms with Crippen molar-refractivity contribution >= 4 is 39.2 Å². The molecule has 0 spiro atoms. The molecule has 8 nitrogen and oxygen atoms in total. The van der Waals surface area contributed by atoms with E-state index in [2.05, 4.69) is 10.0 Å². The van der Waals surface area contributed by atoms with E-state index in [4.69, 9.17) is 21.1 Å². The number of sulfonamides is 1. The molecule has 0 aliphatic rings. The van der Waals surface area contributed by atoms with Gasteiger partial charge in [-0.2, -0.15) is 0 Å². The van der Waals surface area contributed by atoms with E-state index < -0.39 is 28.5 Å². The van der Waals surface area contributed by atoms with Crippen LogP contribution in [-0.4, -0.2) is 34.0 Å². The van der Waals surface area contributed by atoms with E-state index in [0.29, 0.717) is 10.8 Å². The largest absolute Gasteiger partial charge is 0.497 e. The number of hydrogen-bond donors (Lipinski definition) is 2. The van der Waals surface area contributed by atoms with E-state index >= 15 is 0 Å². The molecule has 0 radical (unpaired) electrons. The topological polar surface area (TPSA) is 111 Å². The lowest BCUT2D eigenvalue weighted by Gasteiger charge is -2.12. The minimum Gasteiger partial charge on any atom is -0.497 e. The van der Waals surface area contributed by atoms with Crippen molar-refractivity contribution in [3.05, 3.63) is 88.9 Å². The van der Waals surface area contributed by atoms with Crippen molar-refractivity contribution in [2.24, 2.45) is 0 Å². The Kier molecular flexibility index (Phi) is 7.92. The third-order valence-corrected chi connectivity index (χ3v) is 6.11. The van der Waals surface area contributed by atoms with Gasteiger partial charge < -0.3 is 14.8 Å². The molecule has 3 aromatic rings. The summed E-state index contributed by atoms with van der Waals surface area (Å²) in [7, 11) is -2.42. The number of esters is 1. The number of hydrogen-bond acceptors (Lipinski definition) is 6. The molecular formula is C23H21ClN2O6S. The summed E-state index contributed by atoms with van der Waals surface area (Å²) in [5, 5.41) is 3.03. The number of carbonyl (C=O) groups excluding carboxylic acids is 2. The van der Waals surface area contributed by atoms with Crippen molar-refractivity contribution in [1.82, 2.24) is 5.32 Å². The quantitative estimate of drug-likeness (QED) is 0.445. The van der Waals surface area contributed by atoms with Gasteiger partial charge in [0.25, 0.3) is 15.9 Å². The van der Waals surface area contributed by atoms with Gasteiger partial charge in [-0.1, -0.05) is 35.9 Å². The summed E-state index contributed by atoms with van der Waals surface area (Å²) in [4.78, 5) is 24.6. The Balaban J connectivity index is 1.61. The maximum atomic E-state index is 12.6. The van der Waals surface area contributed by atoms with Crippen molar-refractivity contribution < 1.29 is 27.5 Å². The minimum atomic E-state index is -3.97. The molecule has 2 N–H and O–H groups in total. The molecule has 10 heteroatoms. The number of amides is 1. The molecule has 0 aromatic heterocycles. The Labute approximate surface area is 196 Å². The lowest BCUT2D eigenvalue weighted by Crippen LogP contribution is -2.28. The van der Waals surface area contributed by atoms with Crippen molar-refractivity contribution in [3.8, 4) is 5.75 Å². The van der Waals surface area contributed by atoms with Crippen LogP contribution >= 0.6 is 11.6 Å². The molecule has 0 fully saturated rings. The zero-order valence-corrected chi connectivity index (χ0v) is 19.2. The Bertz CT molecular complexity index is 1250. The molecule has 0 heterocycles. The number of benzene rings is 3. The fourth-order valence-electron chi connectivity index (χ4n) is 2.81. The van der Waals surface area contributed by atoms with Gasteiger partial charge in [-0.05, 0) is 54.1 Å². The Morgan fingerprint density at radius 3 is 2.42 bits per heavy atom. The fourth-order valence-corrected chi connectivity index (χ4v) is 4.02. The highest BCUT2D eigenvalue weighted by Crippen LogP contribution is 2.22. The molecule has 0 saturated heterocycles. The van der Waals surface area contributed by atoms with Crippen molar-refractivity contribution in [1.29, 1.82) is 0 Å². The highest BCUT2D eigenvalue weighted by Gasteiger charge is 2.20. The third kappa shape index (κ3) is 6.71. The number of anilines is 1. The van der Waals surface area contributed by atoms with Gasteiger partial charge in [0.1, 0.15) is 5.75 Å². The zero-order valence-electron chi connectivity index (χ0n) is 17.6. The van der Waals surface area contributed by atoms with Gasteiger partial charge in [0.05, 0.1) is 23.3 Å². The Morgan fingerprint density at radius 1 is 0.970 bits per heavy atom. The fraction of sp³-hybridized carbons (Fsp3) is 0.130.